The van der Waals surface area contributed by atoms with E-state index in [1.165, 1.54) is 15.2 Å². The number of rotatable bonds is 7. The summed E-state index contributed by atoms with van der Waals surface area (Å²) in [6.45, 7) is 6.94. The van der Waals surface area contributed by atoms with E-state index < -0.39 is 15.6 Å². The van der Waals surface area contributed by atoms with Gasteiger partial charge >= 0.3 is 0 Å². The Kier molecular flexibility index (Phi) is 7.47. The first-order valence-electron chi connectivity index (χ1n) is 12.6. The number of fused-ring (bicyclic) bond motifs is 1. The highest BCUT2D eigenvalue weighted by atomic mass is 32.2. The molecule has 204 valence electrons. The number of aromatic nitrogens is 4. The Balaban J connectivity index is 1.44. The van der Waals surface area contributed by atoms with Crippen molar-refractivity contribution in [2.24, 2.45) is 0 Å². The van der Waals surface area contributed by atoms with Gasteiger partial charge in [-0.15, -0.1) is 11.3 Å². The van der Waals surface area contributed by atoms with Gasteiger partial charge in [0, 0.05) is 55.7 Å². The number of para-hydroxylation sites is 1. The number of hydrogen-bond acceptors (Lipinski definition) is 9. The van der Waals surface area contributed by atoms with Gasteiger partial charge in [-0.05, 0) is 38.5 Å². The summed E-state index contributed by atoms with van der Waals surface area (Å²) in [4.78, 5) is 44.1. The third-order valence-electron chi connectivity index (χ3n) is 6.80. The molecule has 4 heterocycles. The Morgan fingerprint density at radius 2 is 1.72 bits per heavy atom. The van der Waals surface area contributed by atoms with Crippen LogP contribution in [0.15, 0.2) is 58.7 Å². The first-order valence-corrected chi connectivity index (χ1v) is 14.8. The van der Waals surface area contributed by atoms with Gasteiger partial charge in [0.15, 0.2) is 0 Å². The summed E-state index contributed by atoms with van der Waals surface area (Å²) >= 11 is 1.16. The Labute approximate surface area is 230 Å². The lowest BCUT2D eigenvalue weighted by Crippen LogP contribution is -2.49. The molecule has 1 saturated heterocycles. The van der Waals surface area contributed by atoms with E-state index in [4.69, 9.17) is 0 Å². The quantitative estimate of drug-likeness (QED) is 0.334. The van der Waals surface area contributed by atoms with Crippen LogP contribution in [0.4, 0.5) is 11.6 Å². The van der Waals surface area contributed by atoms with Gasteiger partial charge < -0.3 is 9.80 Å². The molecule has 3 aromatic heterocycles. The van der Waals surface area contributed by atoms with Crippen molar-refractivity contribution < 1.29 is 13.2 Å². The Morgan fingerprint density at radius 1 is 1.03 bits per heavy atom. The summed E-state index contributed by atoms with van der Waals surface area (Å²) in [5, 5.41) is 0.0283. The van der Waals surface area contributed by atoms with Crippen molar-refractivity contribution in [1.82, 2.24) is 23.8 Å². The second-order valence-corrected chi connectivity index (χ2v) is 12.3. The maximum atomic E-state index is 13.8. The zero-order chi connectivity index (χ0) is 27.7. The number of anilines is 2. The minimum atomic E-state index is -3.99. The van der Waals surface area contributed by atoms with Crippen molar-refractivity contribution in [3.05, 3.63) is 69.8 Å². The van der Waals surface area contributed by atoms with E-state index in [2.05, 4.69) is 15.0 Å². The summed E-state index contributed by atoms with van der Waals surface area (Å²) in [7, 11) is -3.99. The minimum absolute atomic E-state index is 0.0283. The number of piperazine rings is 1. The van der Waals surface area contributed by atoms with E-state index in [9.17, 15) is 18.0 Å². The molecular weight excluding hydrogens is 538 g/mol. The highest BCUT2D eigenvalue weighted by Gasteiger charge is 2.34. The van der Waals surface area contributed by atoms with Crippen molar-refractivity contribution in [2.75, 3.05) is 42.5 Å². The number of nitrogens with zero attached hydrogens (tertiary/aromatic N) is 7. The van der Waals surface area contributed by atoms with E-state index in [1.807, 2.05) is 43.0 Å². The van der Waals surface area contributed by atoms with Crippen LogP contribution in [0.1, 0.15) is 17.4 Å². The molecule has 13 heteroatoms. The summed E-state index contributed by atoms with van der Waals surface area (Å²) in [6, 6.07) is 9.26. The average Bonchev–Trinajstić information content (AvgIpc) is 3.30. The lowest BCUT2D eigenvalue weighted by Gasteiger charge is -2.33. The third kappa shape index (κ3) is 5.04. The molecule has 0 N–H and O–H groups in total. The number of carbonyl (C=O) groups is 1. The highest BCUT2D eigenvalue weighted by molar-refractivity contribution is 7.89. The molecule has 1 aliphatic rings. The summed E-state index contributed by atoms with van der Waals surface area (Å²) in [5.41, 5.74) is 1.16. The molecule has 4 aromatic rings. The molecule has 11 nitrogen and oxygen atoms in total. The third-order valence-corrected chi connectivity index (χ3v) is 10.0. The predicted octanol–water partition coefficient (Wildman–Crippen LogP) is 2.43. The topological polar surface area (TPSA) is 122 Å². The van der Waals surface area contributed by atoms with Gasteiger partial charge in [-0.2, -0.15) is 4.31 Å². The van der Waals surface area contributed by atoms with E-state index in [1.54, 1.807) is 30.3 Å². The molecule has 0 spiro atoms. The van der Waals surface area contributed by atoms with Gasteiger partial charge in [0.05, 0.1) is 11.7 Å². The van der Waals surface area contributed by atoms with Crippen LogP contribution in [0.2, 0.25) is 0 Å². The number of amides is 1. The molecule has 0 saturated carbocycles. The van der Waals surface area contributed by atoms with Crippen molar-refractivity contribution >= 4 is 49.1 Å². The Morgan fingerprint density at radius 3 is 2.38 bits per heavy atom. The number of likely N-dealkylation sites (N-methyl/N-ethyl adjacent to an activating group) is 1. The lowest BCUT2D eigenvalue weighted by molar-refractivity contribution is -0.119. The lowest BCUT2D eigenvalue weighted by atomic mass is 10.2. The molecule has 0 aliphatic carbocycles. The van der Waals surface area contributed by atoms with E-state index in [0.29, 0.717) is 35.3 Å². The number of carbonyl (C=O) groups excluding carboxylic acids is 1. The van der Waals surface area contributed by atoms with E-state index >= 15 is 0 Å². The normalized spacial score (nSPS) is 14.6. The number of benzene rings is 1. The van der Waals surface area contributed by atoms with Gasteiger partial charge in [-0.3, -0.25) is 14.2 Å². The fourth-order valence-electron chi connectivity index (χ4n) is 4.83. The summed E-state index contributed by atoms with van der Waals surface area (Å²) in [6.07, 6.45) is 4.62. The van der Waals surface area contributed by atoms with Crippen molar-refractivity contribution in [3.63, 3.8) is 0 Å². The monoisotopic (exact) mass is 567 g/mol. The number of aryl methyl sites for hydroxylation is 2. The van der Waals surface area contributed by atoms with E-state index in [-0.39, 0.29) is 35.8 Å². The molecule has 1 aliphatic heterocycles. The fourth-order valence-corrected chi connectivity index (χ4v) is 7.92. The predicted molar refractivity (Wildman–Crippen MR) is 151 cm³/mol. The maximum Gasteiger partial charge on any atom is 0.263 e. The number of sulfonamides is 1. The molecule has 39 heavy (non-hydrogen) atoms. The molecule has 1 fully saturated rings. The molecule has 0 bridgehead atoms. The zero-order valence-electron chi connectivity index (χ0n) is 21.9. The molecule has 5 rings (SSSR count). The van der Waals surface area contributed by atoms with E-state index in [0.717, 1.165) is 22.6 Å². The molecule has 0 unspecified atom stereocenters. The van der Waals surface area contributed by atoms with Crippen LogP contribution in [0.5, 0.6) is 0 Å². The molecule has 1 amide bonds. The standard InChI is InChI=1S/C26H29N7O4S2/c1-4-33(20-9-6-5-8-18(20)2)21(34)16-31-17-29-24-22(25(31)35)23(19(3)38-24)39(36,37)32-14-12-30(13-15-32)26-27-10-7-11-28-26/h5-11,17H,4,12-16H2,1-3H3. The number of hydrogen-bond donors (Lipinski definition) is 0. The average molecular weight is 568 g/mol. The zero-order valence-corrected chi connectivity index (χ0v) is 23.6. The molecule has 1 aromatic carbocycles. The number of thiophene rings is 1. The van der Waals surface area contributed by atoms with Crippen molar-refractivity contribution in [1.29, 1.82) is 0 Å². The largest absolute Gasteiger partial charge is 0.338 e. The summed E-state index contributed by atoms with van der Waals surface area (Å²) in [5.74, 6) is 0.265. The molecular formula is C26H29N7O4S2. The fraction of sp³-hybridized carbons (Fsp3) is 0.346. The van der Waals surface area contributed by atoms with Gasteiger partial charge in [0.2, 0.25) is 21.9 Å². The first-order chi connectivity index (χ1) is 18.7. The van der Waals surface area contributed by atoms with Crippen molar-refractivity contribution in [2.45, 2.75) is 32.2 Å². The van der Waals surface area contributed by atoms with Crippen LogP contribution in [-0.2, 0) is 21.4 Å². The van der Waals surface area contributed by atoms with Crippen LogP contribution in [0, 0.1) is 13.8 Å². The van der Waals surface area contributed by atoms with Crippen LogP contribution >= 0.6 is 11.3 Å². The second kappa shape index (κ2) is 10.8. The molecule has 0 atom stereocenters. The Bertz CT molecular complexity index is 1680. The van der Waals surface area contributed by atoms with Crippen LogP contribution < -0.4 is 15.4 Å². The second-order valence-electron chi connectivity index (χ2n) is 9.21. The SMILES string of the molecule is CCN(C(=O)Cn1cnc2sc(C)c(S(=O)(=O)N3CCN(c4ncccn4)CC3)c2c1=O)c1ccccc1C. The van der Waals surface area contributed by atoms with Crippen LogP contribution in [0.3, 0.4) is 0 Å². The van der Waals surface area contributed by atoms with Crippen LogP contribution in [-0.4, -0.2) is 70.9 Å². The van der Waals surface area contributed by atoms with Gasteiger partial charge in [0.25, 0.3) is 5.56 Å². The van der Waals surface area contributed by atoms with Gasteiger partial charge in [-0.25, -0.2) is 23.4 Å². The van der Waals surface area contributed by atoms with Crippen LogP contribution in [0.25, 0.3) is 10.2 Å². The highest BCUT2D eigenvalue weighted by Crippen LogP contribution is 2.33. The van der Waals surface area contributed by atoms with Gasteiger partial charge in [-0.1, -0.05) is 18.2 Å². The van der Waals surface area contributed by atoms with Crippen molar-refractivity contribution in [3.8, 4) is 0 Å². The first kappa shape index (κ1) is 26.9. The summed E-state index contributed by atoms with van der Waals surface area (Å²) < 4.78 is 30.2. The van der Waals surface area contributed by atoms with Gasteiger partial charge in [0.1, 0.15) is 16.3 Å². The Hall–Kier alpha value is -3.68. The minimum Gasteiger partial charge on any atom is -0.338 e. The molecule has 0 radical (unpaired) electrons. The maximum absolute atomic E-state index is 13.8. The smallest absolute Gasteiger partial charge is 0.263 e.